The molecule has 222 valence electrons. The number of amides is 3. The van der Waals surface area contributed by atoms with E-state index >= 15 is 0 Å². The number of methoxy groups -OCH3 is 1. The summed E-state index contributed by atoms with van der Waals surface area (Å²) in [6.07, 6.45) is 4.45. The summed E-state index contributed by atoms with van der Waals surface area (Å²) in [7, 11) is 1.59. The fraction of sp³-hybridized carbons (Fsp3) is 0.424. The number of thioether (sulfide) groups is 1. The van der Waals surface area contributed by atoms with Crippen LogP contribution in [0, 0.1) is 17.8 Å². The number of anilines is 2. The van der Waals surface area contributed by atoms with Crippen LogP contribution in [0.25, 0.3) is 0 Å². The lowest BCUT2D eigenvalue weighted by atomic mass is 9.65. The highest BCUT2D eigenvalue weighted by Gasteiger charge is 2.76. The third kappa shape index (κ3) is 4.82. The molecule has 0 aliphatic carbocycles. The summed E-state index contributed by atoms with van der Waals surface area (Å²) in [6, 6.07) is 15.9. The topological polar surface area (TPSA) is 90.4 Å². The number of hydrogen-bond donors (Lipinski definition) is 1. The number of para-hydroxylation sites is 1. The lowest BCUT2D eigenvalue weighted by Crippen LogP contribution is -2.57. The standard InChI is InChI=1S/C33H39N3O5S/c1-5-17-34(23-11-8-7-9-12-23)30(38)27-26-21-22(3)33(42-26)28(27)31(39)36(19-10-20-37)29(33)32(40)35(18-6-2)24-13-15-25(41-4)16-14-24/h5-9,11-16,22,26-29,37H,1-2,10,17-21H2,3-4H3/t22?,26-,27+,28-,29?,33?/m0/s1. The van der Waals surface area contributed by atoms with Gasteiger partial charge in [-0.25, -0.2) is 0 Å². The summed E-state index contributed by atoms with van der Waals surface area (Å²) in [5.41, 5.74) is 1.43. The molecule has 3 aliphatic rings. The number of nitrogens with zero attached hydrogens (tertiary/aromatic N) is 3. The smallest absolute Gasteiger partial charge is 0.251 e. The predicted octanol–water partition coefficient (Wildman–Crippen LogP) is 4.15. The molecule has 42 heavy (non-hydrogen) atoms. The van der Waals surface area contributed by atoms with E-state index in [2.05, 4.69) is 20.1 Å². The van der Waals surface area contributed by atoms with Gasteiger partial charge in [0.25, 0.3) is 5.91 Å². The van der Waals surface area contributed by atoms with Crippen molar-refractivity contribution >= 4 is 40.9 Å². The van der Waals surface area contributed by atoms with Crippen LogP contribution in [-0.2, 0) is 14.4 Å². The van der Waals surface area contributed by atoms with Gasteiger partial charge in [-0.3, -0.25) is 14.4 Å². The van der Waals surface area contributed by atoms with Gasteiger partial charge in [0.2, 0.25) is 11.8 Å². The van der Waals surface area contributed by atoms with Crippen LogP contribution < -0.4 is 14.5 Å². The summed E-state index contributed by atoms with van der Waals surface area (Å²) in [5.74, 6) is -0.999. The quantitative estimate of drug-likeness (QED) is 0.374. The van der Waals surface area contributed by atoms with E-state index < -0.39 is 22.6 Å². The van der Waals surface area contributed by atoms with Gasteiger partial charge in [0, 0.05) is 42.9 Å². The largest absolute Gasteiger partial charge is 0.497 e. The molecule has 0 saturated carbocycles. The predicted molar refractivity (Wildman–Crippen MR) is 167 cm³/mol. The fourth-order valence-electron chi connectivity index (χ4n) is 7.16. The van der Waals surface area contributed by atoms with Crippen LogP contribution in [0.3, 0.4) is 0 Å². The Kier molecular flexibility index (Phi) is 8.80. The zero-order chi connectivity index (χ0) is 30.0. The number of aliphatic hydroxyl groups is 1. The molecule has 3 aliphatic heterocycles. The molecule has 5 rings (SSSR count). The number of likely N-dealkylation sites (tertiary alicyclic amines) is 1. The highest BCUT2D eigenvalue weighted by Crippen LogP contribution is 2.69. The van der Waals surface area contributed by atoms with E-state index in [1.165, 1.54) is 0 Å². The number of rotatable bonds is 12. The van der Waals surface area contributed by atoms with E-state index in [9.17, 15) is 19.5 Å². The molecule has 0 radical (unpaired) electrons. The van der Waals surface area contributed by atoms with Crippen molar-refractivity contribution in [2.24, 2.45) is 17.8 Å². The minimum Gasteiger partial charge on any atom is -0.497 e. The van der Waals surface area contributed by atoms with Crippen molar-refractivity contribution in [3.8, 4) is 5.75 Å². The Bertz CT molecular complexity index is 1330. The Morgan fingerprint density at radius 2 is 1.67 bits per heavy atom. The van der Waals surface area contributed by atoms with Gasteiger partial charge in [-0.05, 0) is 55.2 Å². The molecule has 2 aromatic rings. The van der Waals surface area contributed by atoms with Gasteiger partial charge in [-0.2, -0.15) is 0 Å². The Hall–Kier alpha value is -3.56. The zero-order valence-corrected chi connectivity index (χ0v) is 25.0. The molecule has 2 aromatic carbocycles. The first-order valence-electron chi connectivity index (χ1n) is 14.5. The molecule has 0 aromatic heterocycles. The second-order valence-corrected chi connectivity index (χ2v) is 12.7. The molecule has 3 fully saturated rings. The van der Waals surface area contributed by atoms with Gasteiger partial charge < -0.3 is 24.5 Å². The van der Waals surface area contributed by atoms with Crippen molar-refractivity contribution in [1.82, 2.24) is 4.90 Å². The molecule has 3 unspecified atom stereocenters. The van der Waals surface area contributed by atoms with Crippen LogP contribution in [0.2, 0.25) is 0 Å². The number of benzene rings is 2. The van der Waals surface area contributed by atoms with Crippen molar-refractivity contribution in [3.05, 3.63) is 79.9 Å². The molecule has 3 saturated heterocycles. The minimum absolute atomic E-state index is 0.0320. The minimum atomic E-state index is -0.781. The summed E-state index contributed by atoms with van der Waals surface area (Å²) >= 11 is 1.65. The number of ether oxygens (including phenoxy) is 1. The maximum absolute atomic E-state index is 14.7. The number of carbonyl (C=O) groups is 3. The van der Waals surface area contributed by atoms with Crippen LogP contribution in [0.5, 0.6) is 5.75 Å². The van der Waals surface area contributed by atoms with Crippen LogP contribution in [0.1, 0.15) is 19.8 Å². The SMILES string of the molecule is C=CCN(C(=O)C1N(CCCO)C(=O)[C@@H]2[C@H](C(=O)N(CC=C)c3ccccc3)[C@@H]3CC(C)C12S3)c1ccc(OC)cc1. The number of aliphatic hydroxyl groups excluding tert-OH is 1. The van der Waals surface area contributed by atoms with E-state index in [0.29, 0.717) is 24.4 Å². The molecule has 8 nitrogen and oxygen atoms in total. The number of fused-ring (bicyclic) bond motifs is 1. The van der Waals surface area contributed by atoms with Crippen molar-refractivity contribution in [2.45, 2.75) is 35.8 Å². The third-order valence-corrected chi connectivity index (χ3v) is 11.0. The highest BCUT2D eigenvalue weighted by atomic mass is 32.2. The van der Waals surface area contributed by atoms with Gasteiger partial charge >= 0.3 is 0 Å². The van der Waals surface area contributed by atoms with Gasteiger partial charge in [0.15, 0.2) is 0 Å². The van der Waals surface area contributed by atoms with Crippen LogP contribution in [0.15, 0.2) is 79.9 Å². The Labute approximate surface area is 252 Å². The van der Waals surface area contributed by atoms with E-state index in [4.69, 9.17) is 4.74 Å². The zero-order valence-electron chi connectivity index (χ0n) is 24.2. The molecule has 3 amide bonds. The van der Waals surface area contributed by atoms with Crippen LogP contribution in [-0.4, -0.2) is 77.1 Å². The van der Waals surface area contributed by atoms with Crippen molar-refractivity contribution in [2.75, 3.05) is 43.2 Å². The van der Waals surface area contributed by atoms with E-state index in [-0.39, 0.29) is 48.6 Å². The van der Waals surface area contributed by atoms with Crippen LogP contribution >= 0.6 is 11.8 Å². The van der Waals surface area contributed by atoms with Crippen LogP contribution in [0.4, 0.5) is 11.4 Å². The Balaban J connectivity index is 1.57. The number of carbonyl (C=O) groups excluding carboxylic acids is 3. The molecule has 6 atom stereocenters. The second kappa shape index (κ2) is 12.4. The summed E-state index contributed by atoms with van der Waals surface area (Å²) in [4.78, 5) is 48.5. The first-order valence-corrected chi connectivity index (χ1v) is 15.3. The second-order valence-electron chi connectivity index (χ2n) is 11.2. The molecule has 1 spiro atoms. The van der Waals surface area contributed by atoms with Gasteiger partial charge in [-0.1, -0.05) is 37.3 Å². The lowest BCUT2D eigenvalue weighted by Gasteiger charge is -2.41. The molecule has 1 N–H and O–H groups in total. The molecule has 3 heterocycles. The Morgan fingerprint density at radius 3 is 2.26 bits per heavy atom. The third-order valence-electron chi connectivity index (χ3n) is 8.93. The summed E-state index contributed by atoms with van der Waals surface area (Å²) in [5, 5.41) is 9.63. The number of hydrogen-bond acceptors (Lipinski definition) is 6. The van der Waals surface area contributed by atoms with Crippen molar-refractivity contribution in [3.63, 3.8) is 0 Å². The fourth-order valence-corrected chi connectivity index (χ4v) is 9.57. The first-order chi connectivity index (χ1) is 20.3. The molecule has 2 bridgehead atoms. The molecule has 9 heteroatoms. The van der Waals surface area contributed by atoms with E-state index in [1.807, 2.05) is 42.5 Å². The summed E-state index contributed by atoms with van der Waals surface area (Å²) in [6.45, 7) is 10.6. The maximum atomic E-state index is 14.7. The van der Waals surface area contributed by atoms with E-state index in [0.717, 1.165) is 12.1 Å². The Morgan fingerprint density at radius 1 is 1.05 bits per heavy atom. The normalized spacial score (nSPS) is 27.5. The highest BCUT2D eigenvalue weighted by molar-refractivity contribution is 8.02. The summed E-state index contributed by atoms with van der Waals surface area (Å²) < 4.78 is 4.54. The average Bonchev–Trinajstić information content (AvgIpc) is 3.60. The van der Waals surface area contributed by atoms with Crippen molar-refractivity contribution in [1.29, 1.82) is 0 Å². The molecular formula is C33H39N3O5S. The molecular weight excluding hydrogens is 550 g/mol. The average molecular weight is 590 g/mol. The first kappa shape index (κ1) is 29.9. The van der Waals surface area contributed by atoms with Gasteiger partial charge in [-0.15, -0.1) is 24.9 Å². The lowest BCUT2D eigenvalue weighted by molar-refractivity contribution is -0.139. The van der Waals surface area contributed by atoms with Gasteiger partial charge in [0.1, 0.15) is 11.8 Å². The van der Waals surface area contributed by atoms with Gasteiger partial charge in [0.05, 0.1) is 23.7 Å². The van der Waals surface area contributed by atoms with E-state index in [1.54, 1.807) is 57.9 Å². The van der Waals surface area contributed by atoms with Crippen molar-refractivity contribution < 1.29 is 24.2 Å². The monoisotopic (exact) mass is 589 g/mol. The maximum Gasteiger partial charge on any atom is 0.251 e.